The van der Waals surface area contributed by atoms with Crippen LogP contribution in [0.2, 0.25) is 0 Å². The van der Waals surface area contributed by atoms with Crippen molar-refractivity contribution in [2.45, 2.75) is 31.1 Å². The first kappa shape index (κ1) is 13.1. The average Bonchev–Trinajstić information content (AvgIpc) is 2.17. The first-order valence-corrected chi connectivity index (χ1v) is 6.10. The molecule has 0 amide bonds. The number of hydrogen-bond acceptors (Lipinski definition) is 5. The zero-order valence-corrected chi connectivity index (χ0v) is 9.81. The van der Waals surface area contributed by atoms with Crippen LogP contribution in [-0.2, 0) is 14.3 Å². The maximum atomic E-state index is 11.6. The Kier molecular flexibility index (Phi) is 4.03. The van der Waals surface area contributed by atoms with E-state index in [2.05, 4.69) is 4.18 Å². The lowest BCUT2D eigenvalue weighted by atomic mass is 10.2. The summed E-state index contributed by atoms with van der Waals surface area (Å²) in [6.45, 7) is 3.05. The second kappa shape index (κ2) is 4.92. The molecule has 0 radical (unpaired) electrons. The van der Waals surface area contributed by atoms with E-state index in [1.54, 1.807) is 12.1 Å². The molecule has 1 unspecified atom stereocenters. The van der Waals surface area contributed by atoms with Crippen molar-refractivity contribution < 1.29 is 22.8 Å². The third kappa shape index (κ3) is 3.28. The molecule has 0 spiro atoms. The Balaban J connectivity index is 2.90. The molecular formula is C10H14O5S. The number of aliphatic hydroxyl groups excluding tert-OH is 2. The van der Waals surface area contributed by atoms with Crippen molar-refractivity contribution in [1.29, 1.82) is 0 Å². The quantitative estimate of drug-likeness (QED) is 0.593. The molecule has 0 aliphatic heterocycles. The Morgan fingerprint density at radius 3 is 2.12 bits per heavy atom. The van der Waals surface area contributed by atoms with Crippen molar-refractivity contribution >= 4 is 10.1 Å². The highest BCUT2D eigenvalue weighted by Gasteiger charge is 2.22. The topological polar surface area (TPSA) is 83.8 Å². The lowest BCUT2D eigenvalue weighted by molar-refractivity contribution is -0.0923. The van der Waals surface area contributed by atoms with Crippen LogP contribution in [0.25, 0.3) is 0 Å². The SMILES string of the molecule is Cc1ccc(S(=O)(=O)O[C@@H](O)C(C)O)cc1. The van der Waals surface area contributed by atoms with Crippen molar-refractivity contribution in [3.05, 3.63) is 29.8 Å². The highest BCUT2D eigenvalue weighted by Crippen LogP contribution is 2.15. The van der Waals surface area contributed by atoms with Crippen LogP contribution in [0.4, 0.5) is 0 Å². The summed E-state index contributed by atoms with van der Waals surface area (Å²) in [5.74, 6) is 0. The Morgan fingerprint density at radius 1 is 1.19 bits per heavy atom. The summed E-state index contributed by atoms with van der Waals surface area (Å²) in [5, 5.41) is 18.1. The molecule has 2 atom stereocenters. The maximum Gasteiger partial charge on any atom is 0.299 e. The number of aliphatic hydroxyl groups is 2. The van der Waals surface area contributed by atoms with Gasteiger partial charge in [-0.05, 0) is 26.0 Å². The Hall–Kier alpha value is -0.950. The predicted molar refractivity (Wildman–Crippen MR) is 57.1 cm³/mol. The lowest BCUT2D eigenvalue weighted by Gasteiger charge is -2.14. The van der Waals surface area contributed by atoms with Gasteiger partial charge in [0.2, 0.25) is 0 Å². The van der Waals surface area contributed by atoms with Crippen LogP contribution < -0.4 is 0 Å². The first-order valence-electron chi connectivity index (χ1n) is 4.69. The van der Waals surface area contributed by atoms with E-state index in [0.29, 0.717) is 0 Å². The number of benzene rings is 1. The van der Waals surface area contributed by atoms with E-state index in [1.807, 2.05) is 6.92 Å². The molecule has 90 valence electrons. The smallest absolute Gasteiger partial charge is 0.299 e. The minimum atomic E-state index is -4.03. The molecule has 5 nitrogen and oxygen atoms in total. The van der Waals surface area contributed by atoms with Gasteiger partial charge in [-0.25, -0.2) is 4.18 Å². The molecule has 1 aromatic carbocycles. The fourth-order valence-corrected chi connectivity index (χ4v) is 1.97. The summed E-state index contributed by atoms with van der Waals surface area (Å²) in [6.07, 6.45) is -3.04. The van der Waals surface area contributed by atoms with Crippen LogP contribution in [0.3, 0.4) is 0 Å². The molecule has 0 saturated carbocycles. The van der Waals surface area contributed by atoms with E-state index >= 15 is 0 Å². The van der Waals surface area contributed by atoms with Crippen molar-refractivity contribution in [3.8, 4) is 0 Å². The van der Waals surface area contributed by atoms with E-state index in [4.69, 9.17) is 10.2 Å². The van der Waals surface area contributed by atoms with Gasteiger partial charge in [-0.1, -0.05) is 17.7 Å². The third-order valence-corrected chi connectivity index (χ3v) is 3.25. The van der Waals surface area contributed by atoms with Crippen LogP contribution in [0, 0.1) is 6.92 Å². The van der Waals surface area contributed by atoms with E-state index in [1.165, 1.54) is 19.1 Å². The van der Waals surface area contributed by atoms with E-state index in [0.717, 1.165) is 5.56 Å². The number of hydrogen-bond donors (Lipinski definition) is 2. The first-order chi connectivity index (χ1) is 7.33. The Morgan fingerprint density at radius 2 is 1.69 bits per heavy atom. The molecule has 0 bridgehead atoms. The van der Waals surface area contributed by atoms with E-state index < -0.39 is 22.5 Å². The summed E-state index contributed by atoms with van der Waals surface area (Å²) < 4.78 is 27.5. The summed E-state index contributed by atoms with van der Waals surface area (Å²) in [6, 6.07) is 5.98. The molecule has 0 aromatic heterocycles. The molecule has 0 aliphatic carbocycles. The van der Waals surface area contributed by atoms with Gasteiger partial charge in [-0.2, -0.15) is 8.42 Å². The summed E-state index contributed by atoms with van der Waals surface area (Å²) in [7, 11) is -4.03. The fourth-order valence-electron chi connectivity index (χ4n) is 0.971. The molecule has 0 aliphatic rings. The minimum absolute atomic E-state index is 0.0576. The third-order valence-electron chi connectivity index (χ3n) is 1.95. The Bertz CT molecular complexity index is 435. The van der Waals surface area contributed by atoms with Gasteiger partial charge < -0.3 is 10.2 Å². The van der Waals surface area contributed by atoms with Gasteiger partial charge in [-0.15, -0.1) is 0 Å². The predicted octanol–water partition coefficient (Wildman–Crippen LogP) is 0.400. The molecule has 1 aromatic rings. The van der Waals surface area contributed by atoms with Gasteiger partial charge in [0.05, 0.1) is 4.90 Å². The molecule has 0 heterocycles. The van der Waals surface area contributed by atoms with E-state index in [9.17, 15) is 8.42 Å². The van der Waals surface area contributed by atoms with Gasteiger partial charge in [0.15, 0.2) is 6.29 Å². The molecule has 16 heavy (non-hydrogen) atoms. The molecule has 2 N–H and O–H groups in total. The summed E-state index contributed by atoms with van der Waals surface area (Å²) in [4.78, 5) is -0.0576. The Labute approximate surface area is 94.4 Å². The van der Waals surface area contributed by atoms with Crippen LogP contribution in [0.1, 0.15) is 12.5 Å². The fraction of sp³-hybridized carbons (Fsp3) is 0.400. The summed E-state index contributed by atoms with van der Waals surface area (Å²) in [5.41, 5.74) is 0.912. The van der Waals surface area contributed by atoms with Gasteiger partial charge in [0.25, 0.3) is 10.1 Å². The van der Waals surface area contributed by atoms with Gasteiger partial charge in [0, 0.05) is 0 Å². The van der Waals surface area contributed by atoms with Gasteiger partial charge >= 0.3 is 0 Å². The molecule has 0 saturated heterocycles. The monoisotopic (exact) mass is 246 g/mol. The molecule has 0 fully saturated rings. The van der Waals surface area contributed by atoms with Crippen molar-refractivity contribution in [1.82, 2.24) is 0 Å². The highest BCUT2D eigenvalue weighted by molar-refractivity contribution is 7.86. The minimum Gasteiger partial charge on any atom is -0.388 e. The second-order valence-corrected chi connectivity index (χ2v) is 5.07. The van der Waals surface area contributed by atoms with Crippen molar-refractivity contribution in [2.75, 3.05) is 0 Å². The zero-order valence-electron chi connectivity index (χ0n) is 8.99. The second-order valence-electron chi connectivity index (χ2n) is 3.49. The molecule has 1 rings (SSSR count). The standard InChI is InChI=1S/C10H14O5S/c1-7-3-5-9(6-4-7)16(13,14)15-10(12)8(2)11/h3-6,8,10-12H,1-2H3/t8?,10-/m1/s1. The highest BCUT2D eigenvalue weighted by atomic mass is 32.2. The number of rotatable bonds is 4. The lowest BCUT2D eigenvalue weighted by Crippen LogP contribution is -2.28. The molecule has 6 heteroatoms. The summed E-state index contributed by atoms with van der Waals surface area (Å²) >= 11 is 0. The van der Waals surface area contributed by atoms with Gasteiger partial charge in [0.1, 0.15) is 6.10 Å². The average molecular weight is 246 g/mol. The van der Waals surface area contributed by atoms with Crippen LogP contribution in [0.15, 0.2) is 29.2 Å². The zero-order chi connectivity index (χ0) is 12.3. The normalized spacial score (nSPS) is 15.8. The van der Waals surface area contributed by atoms with Crippen LogP contribution in [-0.4, -0.2) is 31.0 Å². The van der Waals surface area contributed by atoms with Crippen LogP contribution >= 0.6 is 0 Å². The van der Waals surface area contributed by atoms with E-state index in [-0.39, 0.29) is 4.90 Å². The maximum absolute atomic E-state index is 11.6. The van der Waals surface area contributed by atoms with Crippen LogP contribution in [0.5, 0.6) is 0 Å². The van der Waals surface area contributed by atoms with Crippen molar-refractivity contribution in [3.63, 3.8) is 0 Å². The van der Waals surface area contributed by atoms with Gasteiger partial charge in [-0.3, -0.25) is 0 Å². The number of aryl methyl sites for hydroxylation is 1. The largest absolute Gasteiger partial charge is 0.388 e. The molecular weight excluding hydrogens is 232 g/mol. The van der Waals surface area contributed by atoms with Crippen molar-refractivity contribution in [2.24, 2.45) is 0 Å².